The Morgan fingerprint density at radius 1 is 0.902 bits per heavy atom. The number of hydrogen-bond donors (Lipinski definition) is 3. The largest absolute Gasteiger partial charge is 0.481 e. The fraction of sp³-hybridized carbons (Fsp3) is 0.273. The Morgan fingerprint density at radius 2 is 1.56 bits per heavy atom. The molecule has 0 saturated heterocycles. The number of pyridine rings is 1. The van der Waals surface area contributed by atoms with E-state index >= 15 is 0 Å². The molecule has 3 N–H and O–H groups in total. The lowest BCUT2D eigenvalue weighted by Crippen LogP contribution is -2.23. The fourth-order valence-corrected chi connectivity index (χ4v) is 5.80. The van der Waals surface area contributed by atoms with Crippen LogP contribution in [0.2, 0.25) is 0 Å². The SMILES string of the molecule is CC(C)n1c(CC[C@@H](O)C[C@@H](O)CC(=O)O)c(-c2ccc(F)cc2)c2c3ccccc3n(-c3ccccc3)c(=O)c21. The van der Waals surface area contributed by atoms with Gasteiger partial charge in [-0.1, -0.05) is 48.5 Å². The molecule has 41 heavy (non-hydrogen) atoms. The smallest absolute Gasteiger partial charge is 0.305 e. The van der Waals surface area contributed by atoms with Crippen molar-refractivity contribution in [3.05, 3.63) is 101 Å². The van der Waals surface area contributed by atoms with E-state index in [0.717, 1.165) is 38.8 Å². The monoisotopic (exact) mass is 556 g/mol. The Bertz CT molecular complexity index is 1760. The van der Waals surface area contributed by atoms with Gasteiger partial charge in [0.1, 0.15) is 11.3 Å². The van der Waals surface area contributed by atoms with Gasteiger partial charge in [-0.05, 0) is 69.0 Å². The van der Waals surface area contributed by atoms with Gasteiger partial charge >= 0.3 is 5.97 Å². The molecule has 0 aliphatic carbocycles. The summed E-state index contributed by atoms with van der Waals surface area (Å²) < 4.78 is 17.7. The van der Waals surface area contributed by atoms with Crippen LogP contribution in [-0.2, 0) is 11.2 Å². The number of rotatable bonds is 10. The standard InChI is InChI=1S/C33H33FN2O5/c1-20(2)35-28(17-16-24(37)18-25(38)19-29(39)40)30(21-12-14-22(34)15-13-21)31-26-10-6-7-11-27(26)36(33(41)32(31)35)23-8-4-3-5-9-23/h3-15,20,24-25,37-38H,16-19H2,1-2H3,(H,39,40)/t24-,25-/m1/s1. The van der Waals surface area contributed by atoms with Crippen molar-refractivity contribution in [2.45, 2.75) is 57.8 Å². The number of carboxylic acid groups (broad SMARTS) is 1. The van der Waals surface area contributed by atoms with Crippen molar-refractivity contribution < 1.29 is 24.5 Å². The summed E-state index contributed by atoms with van der Waals surface area (Å²) in [6.07, 6.45) is -2.07. The highest BCUT2D eigenvalue weighted by Crippen LogP contribution is 2.40. The first-order chi connectivity index (χ1) is 19.7. The molecule has 5 rings (SSSR count). The van der Waals surface area contributed by atoms with Gasteiger partial charge in [0, 0.05) is 33.8 Å². The molecule has 8 heteroatoms. The number of nitrogens with zero attached hydrogens (tertiary/aromatic N) is 2. The third kappa shape index (κ3) is 5.53. The second-order valence-corrected chi connectivity index (χ2v) is 10.7. The Balaban J connectivity index is 1.79. The van der Waals surface area contributed by atoms with Gasteiger partial charge in [-0.25, -0.2) is 4.39 Å². The predicted molar refractivity (Wildman–Crippen MR) is 158 cm³/mol. The van der Waals surface area contributed by atoms with Crippen LogP contribution < -0.4 is 5.56 Å². The van der Waals surface area contributed by atoms with E-state index in [4.69, 9.17) is 5.11 Å². The Kier molecular flexibility index (Phi) is 8.06. The number of aliphatic carboxylic acids is 1. The van der Waals surface area contributed by atoms with Crippen LogP contribution in [0, 0.1) is 5.82 Å². The maximum absolute atomic E-state index is 14.4. The molecule has 2 atom stereocenters. The molecule has 0 spiro atoms. The molecular formula is C33H33FN2O5. The van der Waals surface area contributed by atoms with Crippen LogP contribution in [0.5, 0.6) is 0 Å². The molecule has 0 radical (unpaired) electrons. The summed E-state index contributed by atoms with van der Waals surface area (Å²) in [7, 11) is 0. The summed E-state index contributed by atoms with van der Waals surface area (Å²) >= 11 is 0. The Hall–Kier alpha value is -4.27. The topological polar surface area (TPSA) is 105 Å². The summed E-state index contributed by atoms with van der Waals surface area (Å²) in [6, 6.07) is 23.2. The summed E-state index contributed by atoms with van der Waals surface area (Å²) in [5.41, 5.74) is 4.14. The van der Waals surface area contributed by atoms with Crippen LogP contribution >= 0.6 is 0 Å². The minimum atomic E-state index is -1.17. The highest BCUT2D eigenvalue weighted by Gasteiger charge is 2.27. The van der Waals surface area contributed by atoms with Gasteiger partial charge in [0.2, 0.25) is 0 Å². The van der Waals surface area contributed by atoms with E-state index in [0.29, 0.717) is 11.9 Å². The summed E-state index contributed by atoms with van der Waals surface area (Å²) in [5, 5.41) is 31.4. The number of benzene rings is 3. The molecule has 2 aromatic heterocycles. The number of hydrogen-bond acceptors (Lipinski definition) is 4. The molecule has 0 amide bonds. The first kappa shape index (κ1) is 28.3. The average Bonchev–Trinajstić information content (AvgIpc) is 3.28. The van der Waals surface area contributed by atoms with Gasteiger partial charge in [-0.3, -0.25) is 14.2 Å². The first-order valence-electron chi connectivity index (χ1n) is 13.8. The molecule has 0 aliphatic rings. The number of para-hydroxylation sites is 2. The lowest BCUT2D eigenvalue weighted by molar-refractivity contribution is -0.139. The van der Waals surface area contributed by atoms with Crippen LogP contribution in [0.25, 0.3) is 38.6 Å². The maximum Gasteiger partial charge on any atom is 0.305 e. The molecule has 0 fully saturated rings. The van der Waals surface area contributed by atoms with Crippen LogP contribution in [0.4, 0.5) is 4.39 Å². The van der Waals surface area contributed by atoms with E-state index in [1.54, 1.807) is 16.7 Å². The van der Waals surface area contributed by atoms with E-state index in [2.05, 4.69) is 0 Å². The van der Waals surface area contributed by atoms with Crippen molar-refractivity contribution >= 4 is 27.8 Å². The van der Waals surface area contributed by atoms with Gasteiger partial charge in [-0.2, -0.15) is 0 Å². The number of aromatic nitrogens is 2. The highest BCUT2D eigenvalue weighted by molar-refractivity contribution is 6.14. The molecule has 0 bridgehead atoms. The zero-order chi connectivity index (χ0) is 29.3. The zero-order valence-electron chi connectivity index (χ0n) is 23.0. The summed E-state index contributed by atoms with van der Waals surface area (Å²) in [5.74, 6) is -1.51. The molecular weight excluding hydrogens is 523 g/mol. The van der Waals surface area contributed by atoms with Gasteiger partial charge in [0.15, 0.2) is 0 Å². The number of aliphatic hydroxyl groups excluding tert-OH is 2. The summed E-state index contributed by atoms with van der Waals surface area (Å²) in [6.45, 7) is 3.98. The second kappa shape index (κ2) is 11.7. The average molecular weight is 557 g/mol. The van der Waals surface area contributed by atoms with Crippen LogP contribution in [0.3, 0.4) is 0 Å². The second-order valence-electron chi connectivity index (χ2n) is 10.7. The minimum Gasteiger partial charge on any atom is -0.481 e. The molecule has 0 saturated carbocycles. The zero-order valence-corrected chi connectivity index (χ0v) is 23.0. The first-order valence-corrected chi connectivity index (χ1v) is 13.8. The van der Waals surface area contributed by atoms with E-state index in [-0.39, 0.29) is 30.3 Å². The number of carbonyl (C=O) groups is 1. The lowest BCUT2D eigenvalue weighted by Gasteiger charge is -2.19. The van der Waals surface area contributed by atoms with Crippen LogP contribution in [0.15, 0.2) is 83.7 Å². The van der Waals surface area contributed by atoms with Gasteiger partial charge in [-0.15, -0.1) is 0 Å². The van der Waals surface area contributed by atoms with Crippen molar-refractivity contribution in [3.63, 3.8) is 0 Å². The Morgan fingerprint density at radius 3 is 2.22 bits per heavy atom. The quantitative estimate of drug-likeness (QED) is 0.200. The molecule has 7 nitrogen and oxygen atoms in total. The summed E-state index contributed by atoms with van der Waals surface area (Å²) in [4.78, 5) is 25.4. The third-order valence-corrected chi connectivity index (χ3v) is 7.46. The van der Waals surface area contributed by atoms with Crippen molar-refractivity contribution in [1.29, 1.82) is 0 Å². The van der Waals surface area contributed by atoms with Crippen molar-refractivity contribution in [1.82, 2.24) is 9.13 Å². The van der Waals surface area contributed by atoms with E-state index < -0.39 is 24.6 Å². The Labute approximate surface area is 236 Å². The predicted octanol–water partition coefficient (Wildman–Crippen LogP) is 5.85. The number of halogens is 1. The molecule has 3 aromatic carbocycles. The molecule has 0 unspecified atom stereocenters. The van der Waals surface area contributed by atoms with E-state index in [1.165, 1.54) is 12.1 Å². The van der Waals surface area contributed by atoms with Crippen molar-refractivity contribution in [2.24, 2.45) is 0 Å². The van der Waals surface area contributed by atoms with Gasteiger partial charge in [0.05, 0.1) is 24.1 Å². The fourth-order valence-electron chi connectivity index (χ4n) is 5.80. The molecule has 5 aromatic rings. The number of carboxylic acids is 1. The number of aliphatic hydroxyl groups is 2. The van der Waals surface area contributed by atoms with Crippen molar-refractivity contribution in [3.8, 4) is 16.8 Å². The van der Waals surface area contributed by atoms with Crippen LogP contribution in [-0.4, -0.2) is 42.6 Å². The van der Waals surface area contributed by atoms with Gasteiger partial charge in [0.25, 0.3) is 5.56 Å². The highest BCUT2D eigenvalue weighted by atomic mass is 19.1. The van der Waals surface area contributed by atoms with E-state index in [9.17, 15) is 24.2 Å². The maximum atomic E-state index is 14.4. The lowest BCUT2D eigenvalue weighted by atomic mass is 9.96. The molecule has 212 valence electrons. The van der Waals surface area contributed by atoms with Crippen molar-refractivity contribution in [2.75, 3.05) is 0 Å². The number of fused-ring (bicyclic) bond motifs is 3. The van der Waals surface area contributed by atoms with E-state index in [1.807, 2.05) is 73.0 Å². The van der Waals surface area contributed by atoms with Gasteiger partial charge < -0.3 is 19.9 Å². The normalized spacial score (nSPS) is 13.2. The third-order valence-electron chi connectivity index (χ3n) is 7.46. The molecule has 0 aliphatic heterocycles. The minimum absolute atomic E-state index is 0.0795. The van der Waals surface area contributed by atoms with Crippen LogP contribution in [0.1, 0.15) is 44.8 Å². The molecule has 2 heterocycles.